The van der Waals surface area contributed by atoms with Gasteiger partial charge in [-0.05, 0) is 41.8 Å². The number of nitrogens with zero attached hydrogens (tertiary/aromatic N) is 2. The van der Waals surface area contributed by atoms with Crippen molar-refractivity contribution in [2.45, 2.75) is 19.4 Å². The van der Waals surface area contributed by atoms with Crippen LogP contribution in [0, 0.1) is 11.3 Å². The molecule has 1 unspecified atom stereocenters. The van der Waals surface area contributed by atoms with Gasteiger partial charge in [0.05, 0.1) is 18.5 Å². The smallest absolute Gasteiger partial charge is 0.104 e. The number of rotatable bonds is 2. The molecule has 0 saturated heterocycles. The minimum Gasteiger partial charge on any atom is -0.385 e. The lowest BCUT2D eigenvalue weighted by atomic mass is 10.0. The molecule has 0 aromatic heterocycles. The number of anilines is 1. The maximum Gasteiger partial charge on any atom is 0.104 e. The van der Waals surface area contributed by atoms with Crippen molar-refractivity contribution in [2.24, 2.45) is 5.73 Å². The number of benzene rings is 2. The first-order valence-corrected chi connectivity index (χ1v) is 7.01. The van der Waals surface area contributed by atoms with E-state index in [1.807, 2.05) is 49.4 Å². The Morgan fingerprint density at radius 2 is 1.86 bits per heavy atom. The summed E-state index contributed by atoms with van der Waals surface area (Å²) in [4.78, 5) is 2.09. The summed E-state index contributed by atoms with van der Waals surface area (Å²) >= 11 is 0. The Morgan fingerprint density at radius 3 is 2.57 bits per heavy atom. The molecule has 1 heterocycles. The van der Waals surface area contributed by atoms with Gasteiger partial charge in [-0.3, -0.25) is 0 Å². The molecule has 3 heteroatoms. The van der Waals surface area contributed by atoms with Crippen molar-refractivity contribution in [3.63, 3.8) is 0 Å². The molecule has 21 heavy (non-hydrogen) atoms. The zero-order chi connectivity index (χ0) is 14.8. The summed E-state index contributed by atoms with van der Waals surface area (Å²) in [6, 6.07) is 18.6. The van der Waals surface area contributed by atoms with E-state index in [2.05, 4.69) is 23.1 Å². The van der Waals surface area contributed by atoms with E-state index in [1.54, 1.807) is 0 Å². The number of nitriles is 1. The van der Waals surface area contributed by atoms with Crippen LogP contribution >= 0.6 is 0 Å². The van der Waals surface area contributed by atoms with Crippen molar-refractivity contribution in [3.05, 3.63) is 71.0 Å². The normalized spacial score (nSPS) is 14.9. The van der Waals surface area contributed by atoms with E-state index in [1.165, 1.54) is 11.1 Å². The summed E-state index contributed by atoms with van der Waals surface area (Å²) in [6.07, 6.45) is 2.00. The lowest BCUT2D eigenvalue weighted by Gasteiger charge is -2.29. The van der Waals surface area contributed by atoms with E-state index in [9.17, 15) is 0 Å². The van der Waals surface area contributed by atoms with Crippen molar-refractivity contribution < 1.29 is 0 Å². The lowest BCUT2D eigenvalue weighted by Crippen LogP contribution is -2.29. The summed E-state index contributed by atoms with van der Waals surface area (Å²) in [5, 5.41) is 8.97. The van der Waals surface area contributed by atoms with Gasteiger partial charge in [-0.15, -0.1) is 0 Å². The van der Waals surface area contributed by atoms with E-state index < -0.39 is 0 Å². The largest absolute Gasteiger partial charge is 0.385 e. The monoisotopic (exact) mass is 275 g/mol. The highest BCUT2D eigenvalue weighted by molar-refractivity contribution is 5.67. The molecular weight excluding hydrogens is 258 g/mol. The second-order valence-corrected chi connectivity index (χ2v) is 5.30. The van der Waals surface area contributed by atoms with Crippen LogP contribution < -0.4 is 10.6 Å². The van der Waals surface area contributed by atoms with Crippen LogP contribution in [0.5, 0.6) is 0 Å². The van der Waals surface area contributed by atoms with Gasteiger partial charge in [0, 0.05) is 5.69 Å². The van der Waals surface area contributed by atoms with Crippen LogP contribution in [0.2, 0.25) is 0 Å². The van der Waals surface area contributed by atoms with Gasteiger partial charge in [0.25, 0.3) is 0 Å². The molecule has 0 bridgehead atoms. The molecule has 2 aromatic rings. The van der Waals surface area contributed by atoms with E-state index in [0.717, 1.165) is 23.6 Å². The second kappa shape index (κ2) is 5.34. The zero-order valence-electron chi connectivity index (χ0n) is 12.0. The maximum atomic E-state index is 8.97. The maximum absolute atomic E-state index is 8.97. The predicted octanol–water partition coefficient (Wildman–Crippen LogP) is 3.59. The van der Waals surface area contributed by atoms with Crippen LogP contribution in [0.15, 0.2) is 54.4 Å². The van der Waals surface area contributed by atoms with Crippen LogP contribution in [-0.2, 0) is 6.54 Å². The molecule has 0 spiro atoms. The summed E-state index contributed by atoms with van der Waals surface area (Å²) < 4.78 is 0. The summed E-state index contributed by atoms with van der Waals surface area (Å²) in [5.74, 6) is 0.656. The Morgan fingerprint density at radius 1 is 1.14 bits per heavy atom. The third-order valence-electron chi connectivity index (χ3n) is 3.90. The first-order valence-electron chi connectivity index (χ1n) is 7.01. The first kappa shape index (κ1) is 13.3. The molecule has 1 aliphatic heterocycles. The first-order chi connectivity index (χ1) is 10.2. The average Bonchev–Trinajstić information content (AvgIpc) is 2.53. The van der Waals surface area contributed by atoms with Gasteiger partial charge in [0.1, 0.15) is 5.82 Å². The Labute approximate surface area is 124 Å². The van der Waals surface area contributed by atoms with Gasteiger partial charge >= 0.3 is 0 Å². The highest BCUT2D eigenvalue weighted by Gasteiger charge is 2.17. The zero-order valence-corrected chi connectivity index (χ0v) is 12.0. The van der Waals surface area contributed by atoms with Crippen LogP contribution in [-0.4, -0.2) is 0 Å². The summed E-state index contributed by atoms with van der Waals surface area (Å²) in [6.45, 7) is 2.67. The molecular formula is C18H17N3. The molecule has 3 rings (SSSR count). The average molecular weight is 275 g/mol. The van der Waals surface area contributed by atoms with Crippen LogP contribution in [0.25, 0.3) is 6.08 Å². The van der Waals surface area contributed by atoms with Crippen LogP contribution in [0.4, 0.5) is 5.69 Å². The highest BCUT2D eigenvalue weighted by atomic mass is 15.2. The van der Waals surface area contributed by atoms with Crippen molar-refractivity contribution in [1.29, 1.82) is 5.26 Å². The fourth-order valence-electron chi connectivity index (χ4n) is 2.58. The quantitative estimate of drug-likeness (QED) is 0.911. The fraction of sp³-hybridized carbons (Fsp3) is 0.167. The van der Waals surface area contributed by atoms with Gasteiger partial charge in [-0.2, -0.15) is 5.26 Å². The molecule has 0 fully saturated rings. The van der Waals surface area contributed by atoms with Crippen molar-refractivity contribution in [2.75, 3.05) is 4.90 Å². The third-order valence-corrected chi connectivity index (χ3v) is 3.90. The van der Waals surface area contributed by atoms with Gasteiger partial charge in [-0.1, -0.05) is 36.4 Å². The van der Waals surface area contributed by atoms with E-state index in [0.29, 0.717) is 0 Å². The molecule has 0 amide bonds. The van der Waals surface area contributed by atoms with Crippen molar-refractivity contribution in [3.8, 4) is 6.07 Å². The Hall–Kier alpha value is -2.73. The van der Waals surface area contributed by atoms with E-state index in [4.69, 9.17) is 11.0 Å². The van der Waals surface area contributed by atoms with Gasteiger partial charge in [0.15, 0.2) is 0 Å². The van der Waals surface area contributed by atoms with E-state index >= 15 is 0 Å². The second-order valence-electron chi connectivity index (χ2n) is 5.30. The molecule has 0 saturated carbocycles. The molecule has 2 aromatic carbocycles. The third kappa shape index (κ3) is 2.48. The molecule has 0 radical (unpaired) electrons. The highest BCUT2D eigenvalue weighted by Crippen LogP contribution is 2.28. The number of nitrogens with two attached hydrogens (primary N) is 1. The summed E-state index contributed by atoms with van der Waals surface area (Å²) in [5.41, 5.74) is 10.7. The molecule has 0 aliphatic carbocycles. The summed E-state index contributed by atoms with van der Waals surface area (Å²) in [7, 11) is 0. The Bertz CT molecular complexity index is 723. The Kier molecular flexibility index (Phi) is 3.37. The fourth-order valence-corrected chi connectivity index (χ4v) is 2.58. The molecule has 3 nitrogen and oxygen atoms in total. The molecule has 104 valence electrons. The SMILES string of the molecule is CC(C#N)c1ccc(N2Cc3ccccc3C=C2N)cc1. The minimum atomic E-state index is -0.0889. The number of hydrogen-bond acceptors (Lipinski definition) is 3. The van der Waals surface area contributed by atoms with Crippen molar-refractivity contribution >= 4 is 11.8 Å². The van der Waals surface area contributed by atoms with Gasteiger partial charge in [-0.25, -0.2) is 0 Å². The van der Waals surface area contributed by atoms with Gasteiger partial charge < -0.3 is 10.6 Å². The van der Waals surface area contributed by atoms with Gasteiger partial charge in [0.2, 0.25) is 0 Å². The van der Waals surface area contributed by atoms with E-state index in [-0.39, 0.29) is 5.92 Å². The van der Waals surface area contributed by atoms with Crippen molar-refractivity contribution in [1.82, 2.24) is 0 Å². The molecule has 1 atom stereocenters. The minimum absolute atomic E-state index is 0.0889. The molecule has 2 N–H and O–H groups in total. The lowest BCUT2D eigenvalue weighted by molar-refractivity contribution is 0.885. The van der Waals surface area contributed by atoms with Crippen LogP contribution in [0.3, 0.4) is 0 Å². The standard InChI is InChI=1S/C18H17N3/c1-13(11-19)14-6-8-17(9-7-14)21-12-16-5-3-2-4-15(16)10-18(21)20/h2-10,13H,12,20H2,1H3. The Balaban J connectivity index is 1.91. The predicted molar refractivity (Wildman–Crippen MR) is 85.3 cm³/mol. The topological polar surface area (TPSA) is 53.0 Å². The molecule has 1 aliphatic rings. The number of fused-ring (bicyclic) bond motifs is 1. The number of hydrogen-bond donors (Lipinski definition) is 1. The van der Waals surface area contributed by atoms with Crippen LogP contribution in [0.1, 0.15) is 29.5 Å².